The first-order chi connectivity index (χ1) is 13.9. The zero-order chi connectivity index (χ0) is 20.5. The number of thiophene rings is 1. The van der Waals surface area contributed by atoms with Crippen molar-refractivity contribution in [1.29, 1.82) is 0 Å². The Labute approximate surface area is 175 Å². The SMILES string of the molecule is Cc1ccc(Cl)cc1NC(=O)[C@@H](C)n1nnc2sc(-c3ccccc3)cc2c1=O. The van der Waals surface area contributed by atoms with Crippen LogP contribution in [0.2, 0.25) is 5.02 Å². The van der Waals surface area contributed by atoms with Crippen LogP contribution < -0.4 is 10.9 Å². The van der Waals surface area contributed by atoms with Crippen molar-refractivity contribution in [2.75, 3.05) is 5.32 Å². The molecular weight excluding hydrogens is 408 g/mol. The van der Waals surface area contributed by atoms with Crippen LogP contribution >= 0.6 is 22.9 Å². The molecule has 2 aromatic carbocycles. The Morgan fingerprint density at radius 2 is 1.93 bits per heavy atom. The molecule has 4 rings (SSSR count). The van der Waals surface area contributed by atoms with Gasteiger partial charge in [0.05, 0.1) is 5.39 Å². The maximum atomic E-state index is 13.0. The first-order valence-electron chi connectivity index (χ1n) is 8.95. The van der Waals surface area contributed by atoms with Crippen molar-refractivity contribution in [3.63, 3.8) is 0 Å². The molecule has 0 saturated heterocycles. The van der Waals surface area contributed by atoms with Gasteiger partial charge in [-0.2, -0.15) is 4.68 Å². The van der Waals surface area contributed by atoms with Crippen LogP contribution in [0, 0.1) is 6.92 Å². The maximum absolute atomic E-state index is 13.0. The van der Waals surface area contributed by atoms with Gasteiger partial charge in [-0.25, -0.2) is 0 Å². The average Bonchev–Trinajstić information content (AvgIpc) is 3.16. The molecule has 1 amide bonds. The first kappa shape index (κ1) is 19.3. The molecule has 29 heavy (non-hydrogen) atoms. The molecule has 4 aromatic rings. The van der Waals surface area contributed by atoms with Crippen molar-refractivity contribution in [3.8, 4) is 10.4 Å². The van der Waals surface area contributed by atoms with Crippen LogP contribution in [0.25, 0.3) is 20.7 Å². The van der Waals surface area contributed by atoms with Crippen molar-refractivity contribution in [2.45, 2.75) is 19.9 Å². The minimum Gasteiger partial charge on any atom is -0.324 e. The highest BCUT2D eigenvalue weighted by Gasteiger charge is 2.21. The summed E-state index contributed by atoms with van der Waals surface area (Å²) in [5, 5.41) is 11.9. The summed E-state index contributed by atoms with van der Waals surface area (Å²) in [7, 11) is 0. The van der Waals surface area contributed by atoms with Gasteiger partial charge >= 0.3 is 0 Å². The van der Waals surface area contributed by atoms with Crippen molar-refractivity contribution in [3.05, 3.63) is 75.5 Å². The summed E-state index contributed by atoms with van der Waals surface area (Å²) in [6.45, 7) is 3.48. The summed E-state index contributed by atoms with van der Waals surface area (Å²) in [6, 6.07) is 16.0. The quantitative estimate of drug-likeness (QED) is 0.516. The van der Waals surface area contributed by atoms with Gasteiger partial charge in [-0.05, 0) is 43.2 Å². The summed E-state index contributed by atoms with van der Waals surface area (Å²) >= 11 is 7.41. The zero-order valence-corrected chi connectivity index (χ0v) is 17.3. The fourth-order valence-corrected chi connectivity index (χ4v) is 4.08. The predicted molar refractivity (Wildman–Crippen MR) is 117 cm³/mol. The highest BCUT2D eigenvalue weighted by Crippen LogP contribution is 2.30. The lowest BCUT2D eigenvalue weighted by Gasteiger charge is -2.14. The molecule has 0 spiro atoms. The van der Waals surface area contributed by atoms with Gasteiger partial charge in [-0.1, -0.05) is 53.2 Å². The molecular formula is C21H17ClN4O2S. The van der Waals surface area contributed by atoms with Crippen LogP contribution in [0.3, 0.4) is 0 Å². The number of benzene rings is 2. The molecule has 146 valence electrons. The second-order valence-corrected chi connectivity index (χ2v) is 8.13. The molecule has 1 atom stereocenters. The van der Waals surface area contributed by atoms with Crippen LogP contribution in [0.5, 0.6) is 0 Å². The highest BCUT2D eigenvalue weighted by atomic mass is 35.5. The average molecular weight is 425 g/mol. The summed E-state index contributed by atoms with van der Waals surface area (Å²) in [5.41, 5.74) is 2.12. The summed E-state index contributed by atoms with van der Waals surface area (Å²) in [6.07, 6.45) is 0. The first-order valence-corrected chi connectivity index (χ1v) is 10.1. The fraction of sp³-hybridized carbons (Fsp3) is 0.143. The van der Waals surface area contributed by atoms with E-state index in [1.54, 1.807) is 25.1 Å². The van der Waals surface area contributed by atoms with Gasteiger partial charge in [-0.15, -0.1) is 16.4 Å². The number of nitrogens with zero attached hydrogens (tertiary/aromatic N) is 3. The van der Waals surface area contributed by atoms with Crippen LogP contribution in [-0.4, -0.2) is 20.9 Å². The van der Waals surface area contributed by atoms with E-state index in [9.17, 15) is 9.59 Å². The number of amides is 1. The summed E-state index contributed by atoms with van der Waals surface area (Å²) < 4.78 is 1.11. The maximum Gasteiger partial charge on any atom is 0.279 e. The number of hydrogen-bond donors (Lipinski definition) is 1. The van der Waals surface area contributed by atoms with Crippen molar-refractivity contribution in [2.24, 2.45) is 0 Å². The molecule has 0 unspecified atom stereocenters. The van der Waals surface area contributed by atoms with E-state index in [0.29, 0.717) is 20.9 Å². The number of fused-ring (bicyclic) bond motifs is 1. The van der Waals surface area contributed by atoms with Crippen LogP contribution in [0.15, 0.2) is 59.4 Å². The van der Waals surface area contributed by atoms with E-state index in [0.717, 1.165) is 20.7 Å². The number of aromatic nitrogens is 3. The molecule has 0 fully saturated rings. The van der Waals surface area contributed by atoms with Crippen LogP contribution in [0.4, 0.5) is 5.69 Å². The standard InChI is InChI=1S/C21H17ClN4O2S/c1-12-8-9-15(22)10-17(12)23-19(27)13(2)26-21(28)16-11-18(29-20(16)24-25-26)14-6-4-3-5-7-14/h3-11,13H,1-2H3,(H,23,27)/t13-/m1/s1. The van der Waals surface area contributed by atoms with E-state index in [2.05, 4.69) is 15.6 Å². The lowest BCUT2D eigenvalue weighted by Crippen LogP contribution is -2.34. The minimum absolute atomic E-state index is 0.348. The third kappa shape index (κ3) is 3.79. The highest BCUT2D eigenvalue weighted by molar-refractivity contribution is 7.21. The molecule has 2 heterocycles. The Bertz CT molecular complexity index is 1270. The molecule has 6 nitrogen and oxygen atoms in total. The van der Waals surface area contributed by atoms with Crippen molar-refractivity contribution in [1.82, 2.24) is 15.0 Å². The van der Waals surface area contributed by atoms with E-state index < -0.39 is 6.04 Å². The molecule has 0 radical (unpaired) electrons. The third-order valence-electron chi connectivity index (χ3n) is 4.64. The van der Waals surface area contributed by atoms with Gasteiger partial charge < -0.3 is 5.32 Å². The lowest BCUT2D eigenvalue weighted by atomic mass is 10.2. The summed E-state index contributed by atoms with van der Waals surface area (Å²) in [4.78, 5) is 27.1. The molecule has 2 aromatic heterocycles. The fourth-order valence-electron chi connectivity index (χ4n) is 2.94. The van der Waals surface area contributed by atoms with Gasteiger partial charge in [0.25, 0.3) is 5.56 Å². The Hall–Kier alpha value is -3.03. The van der Waals surface area contributed by atoms with Gasteiger partial charge in [0.15, 0.2) is 4.83 Å². The second kappa shape index (κ2) is 7.77. The summed E-state index contributed by atoms with van der Waals surface area (Å²) in [5.74, 6) is -0.371. The number of aryl methyl sites for hydroxylation is 1. The van der Waals surface area contributed by atoms with Crippen LogP contribution in [-0.2, 0) is 4.79 Å². The monoisotopic (exact) mass is 424 g/mol. The van der Waals surface area contributed by atoms with Gasteiger partial charge in [-0.3, -0.25) is 9.59 Å². The number of anilines is 1. The Morgan fingerprint density at radius 1 is 1.17 bits per heavy atom. The van der Waals surface area contributed by atoms with E-state index in [1.807, 2.05) is 43.3 Å². The van der Waals surface area contributed by atoms with E-state index in [1.165, 1.54) is 11.3 Å². The Kier molecular flexibility index (Phi) is 5.17. The second-order valence-electron chi connectivity index (χ2n) is 6.66. The molecule has 0 bridgehead atoms. The van der Waals surface area contributed by atoms with Crippen molar-refractivity contribution >= 4 is 44.7 Å². The van der Waals surface area contributed by atoms with Gasteiger partial charge in [0.1, 0.15) is 6.04 Å². The van der Waals surface area contributed by atoms with Crippen molar-refractivity contribution < 1.29 is 4.79 Å². The molecule has 0 aliphatic heterocycles. The predicted octanol–water partition coefficient (Wildman–Crippen LogP) is 4.68. The van der Waals surface area contributed by atoms with E-state index in [-0.39, 0.29) is 11.5 Å². The zero-order valence-electron chi connectivity index (χ0n) is 15.7. The number of rotatable bonds is 4. The third-order valence-corrected chi connectivity index (χ3v) is 5.95. The molecule has 1 N–H and O–H groups in total. The number of nitrogens with one attached hydrogen (secondary N) is 1. The molecule has 0 saturated carbocycles. The van der Waals surface area contributed by atoms with Crippen LogP contribution in [0.1, 0.15) is 18.5 Å². The number of carbonyl (C=O) groups is 1. The smallest absolute Gasteiger partial charge is 0.279 e. The molecule has 0 aliphatic carbocycles. The topological polar surface area (TPSA) is 76.9 Å². The molecule has 8 heteroatoms. The normalized spacial score (nSPS) is 12.1. The Balaban J connectivity index is 1.66. The lowest BCUT2D eigenvalue weighted by molar-refractivity contribution is -0.119. The van der Waals surface area contributed by atoms with E-state index >= 15 is 0 Å². The van der Waals surface area contributed by atoms with Gasteiger partial charge in [0, 0.05) is 15.6 Å². The Morgan fingerprint density at radius 3 is 2.69 bits per heavy atom. The largest absolute Gasteiger partial charge is 0.324 e. The van der Waals surface area contributed by atoms with Gasteiger partial charge in [0.2, 0.25) is 5.91 Å². The minimum atomic E-state index is -0.835. The number of carbonyl (C=O) groups excluding carboxylic acids is 1. The molecule has 0 aliphatic rings. The van der Waals surface area contributed by atoms with E-state index in [4.69, 9.17) is 11.6 Å². The number of hydrogen-bond acceptors (Lipinski definition) is 5. The number of halogens is 1.